The van der Waals surface area contributed by atoms with Gasteiger partial charge in [0.15, 0.2) is 5.65 Å². The molecule has 0 radical (unpaired) electrons. The van der Waals surface area contributed by atoms with Crippen LogP contribution in [-0.2, 0) is 0 Å². The number of fused-ring (bicyclic) bond motifs is 1. The summed E-state index contributed by atoms with van der Waals surface area (Å²) in [4.78, 5) is 8.87. The lowest BCUT2D eigenvalue weighted by atomic mass is 10.1. The lowest BCUT2D eigenvalue weighted by Gasteiger charge is -2.24. The highest BCUT2D eigenvalue weighted by molar-refractivity contribution is 5.87. The molecule has 1 aromatic carbocycles. The van der Waals surface area contributed by atoms with Crippen LogP contribution in [0.5, 0.6) is 0 Å². The minimum Gasteiger partial charge on any atom is -0.367 e. The highest BCUT2D eigenvalue weighted by Gasteiger charge is 2.16. The number of nitrogens with zero attached hydrogens (tertiary/aromatic N) is 4. The maximum Gasteiger partial charge on any atom is 0.168 e. The van der Waals surface area contributed by atoms with E-state index in [9.17, 15) is 0 Å². The van der Waals surface area contributed by atoms with Crippen LogP contribution in [0.2, 0.25) is 0 Å². The smallest absolute Gasteiger partial charge is 0.168 e. The number of benzene rings is 1. The maximum atomic E-state index is 4.52. The second-order valence-electron chi connectivity index (χ2n) is 6.02. The fraction of sp³-hybridized carbons (Fsp3) is 0.353. The SMILES string of the molecule is Cc1cccc(-n2ncc3c(NC4CCNCC4)ncnc32)c1. The van der Waals surface area contributed by atoms with Gasteiger partial charge in [0.05, 0.1) is 17.3 Å². The van der Waals surface area contributed by atoms with Gasteiger partial charge in [-0.2, -0.15) is 5.10 Å². The van der Waals surface area contributed by atoms with Gasteiger partial charge in [0.2, 0.25) is 0 Å². The van der Waals surface area contributed by atoms with Crippen molar-refractivity contribution in [1.82, 2.24) is 25.1 Å². The van der Waals surface area contributed by atoms with Crippen LogP contribution in [-0.4, -0.2) is 38.9 Å². The summed E-state index contributed by atoms with van der Waals surface area (Å²) in [5.74, 6) is 0.876. The van der Waals surface area contributed by atoms with Gasteiger partial charge >= 0.3 is 0 Å². The van der Waals surface area contributed by atoms with Gasteiger partial charge in [0.1, 0.15) is 12.1 Å². The minimum absolute atomic E-state index is 0.455. The van der Waals surface area contributed by atoms with Crippen molar-refractivity contribution in [2.75, 3.05) is 18.4 Å². The summed E-state index contributed by atoms with van der Waals surface area (Å²) < 4.78 is 1.87. The van der Waals surface area contributed by atoms with Gasteiger partial charge in [-0.3, -0.25) is 0 Å². The molecule has 0 bridgehead atoms. The largest absolute Gasteiger partial charge is 0.367 e. The summed E-state index contributed by atoms with van der Waals surface area (Å²) in [7, 11) is 0. The van der Waals surface area contributed by atoms with E-state index in [4.69, 9.17) is 0 Å². The van der Waals surface area contributed by atoms with Crippen LogP contribution < -0.4 is 10.6 Å². The Morgan fingerprint density at radius 2 is 2.09 bits per heavy atom. The Bertz CT molecular complexity index is 819. The zero-order valence-electron chi connectivity index (χ0n) is 13.2. The number of piperidine rings is 1. The third kappa shape index (κ3) is 2.77. The van der Waals surface area contributed by atoms with E-state index in [2.05, 4.69) is 44.8 Å². The Labute approximate surface area is 135 Å². The lowest BCUT2D eigenvalue weighted by molar-refractivity contribution is 0.478. The lowest BCUT2D eigenvalue weighted by Crippen LogP contribution is -2.35. The molecule has 0 aliphatic carbocycles. The fourth-order valence-electron chi connectivity index (χ4n) is 3.07. The fourth-order valence-corrected chi connectivity index (χ4v) is 3.07. The van der Waals surface area contributed by atoms with E-state index in [1.165, 1.54) is 5.56 Å². The average molecular weight is 308 g/mol. The molecule has 0 saturated carbocycles. The van der Waals surface area contributed by atoms with Crippen molar-refractivity contribution >= 4 is 16.9 Å². The predicted octanol–water partition coefficient (Wildman–Crippen LogP) is 2.29. The third-order valence-electron chi connectivity index (χ3n) is 4.29. The summed E-state index contributed by atoms with van der Waals surface area (Å²) in [6, 6.07) is 8.72. The summed E-state index contributed by atoms with van der Waals surface area (Å²) in [5, 5.41) is 12.4. The Morgan fingerprint density at radius 3 is 2.91 bits per heavy atom. The van der Waals surface area contributed by atoms with Crippen molar-refractivity contribution < 1.29 is 0 Å². The molecule has 4 rings (SSSR count). The van der Waals surface area contributed by atoms with Gasteiger partial charge in [0, 0.05) is 6.04 Å². The van der Waals surface area contributed by atoms with Crippen molar-refractivity contribution in [2.24, 2.45) is 0 Å². The van der Waals surface area contributed by atoms with E-state index >= 15 is 0 Å². The second kappa shape index (κ2) is 5.96. The molecule has 0 spiro atoms. The molecule has 0 unspecified atom stereocenters. The summed E-state index contributed by atoms with van der Waals surface area (Å²) >= 11 is 0. The standard InChI is InChI=1S/C17H20N6/c1-12-3-2-4-14(9-12)23-17-15(10-21-23)16(19-11-20-17)22-13-5-7-18-8-6-13/h2-4,9-11,13,18H,5-8H2,1H3,(H,19,20,22). The van der Waals surface area contributed by atoms with Crippen LogP contribution in [0, 0.1) is 6.92 Å². The molecule has 3 aromatic rings. The number of rotatable bonds is 3. The maximum absolute atomic E-state index is 4.52. The van der Waals surface area contributed by atoms with Crippen LogP contribution in [0.3, 0.4) is 0 Å². The topological polar surface area (TPSA) is 67.7 Å². The van der Waals surface area contributed by atoms with Crippen LogP contribution in [0.1, 0.15) is 18.4 Å². The van der Waals surface area contributed by atoms with Crippen LogP contribution in [0.25, 0.3) is 16.7 Å². The molecular formula is C17H20N6. The first-order valence-corrected chi connectivity index (χ1v) is 8.04. The van der Waals surface area contributed by atoms with E-state index in [0.717, 1.165) is 48.5 Å². The van der Waals surface area contributed by atoms with Crippen LogP contribution >= 0.6 is 0 Å². The molecule has 1 saturated heterocycles. The number of aromatic nitrogens is 4. The Morgan fingerprint density at radius 1 is 1.22 bits per heavy atom. The molecule has 1 aliphatic rings. The van der Waals surface area contributed by atoms with Crippen molar-refractivity contribution in [1.29, 1.82) is 0 Å². The quantitative estimate of drug-likeness (QED) is 0.777. The summed E-state index contributed by atoms with van der Waals surface area (Å²) in [6.07, 6.45) is 5.68. The number of anilines is 1. The molecule has 6 nitrogen and oxygen atoms in total. The van der Waals surface area contributed by atoms with Crippen molar-refractivity contribution in [3.63, 3.8) is 0 Å². The van der Waals surface area contributed by atoms with E-state index in [-0.39, 0.29) is 0 Å². The Hall–Kier alpha value is -2.47. The first-order chi connectivity index (χ1) is 11.3. The van der Waals surface area contributed by atoms with E-state index in [1.54, 1.807) is 6.33 Å². The molecule has 0 amide bonds. The minimum atomic E-state index is 0.455. The summed E-state index contributed by atoms with van der Waals surface area (Å²) in [6.45, 7) is 4.18. The zero-order chi connectivity index (χ0) is 15.6. The number of hydrogen-bond donors (Lipinski definition) is 2. The summed E-state index contributed by atoms with van der Waals surface area (Å²) in [5.41, 5.74) is 3.06. The molecule has 2 N–H and O–H groups in total. The highest BCUT2D eigenvalue weighted by Crippen LogP contribution is 2.23. The highest BCUT2D eigenvalue weighted by atomic mass is 15.3. The number of nitrogens with one attached hydrogen (secondary N) is 2. The Kier molecular flexibility index (Phi) is 3.67. The van der Waals surface area contributed by atoms with Crippen molar-refractivity contribution in [3.8, 4) is 5.69 Å². The van der Waals surface area contributed by atoms with Gasteiger partial charge in [-0.1, -0.05) is 12.1 Å². The molecule has 23 heavy (non-hydrogen) atoms. The predicted molar refractivity (Wildman–Crippen MR) is 90.9 cm³/mol. The zero-order valence-corrected chi connectivity index (χ0v) is 13.2. The van der Waals surface area contributed by atoms with E-state index in [1.807, 2.05) is 23.0 Å². The molecule has 1 fully saturated rings. The molecule has 2 aromatic heterocycles. The van der Waals surface area contributed by atoms with Crippen LogP contribution in [0.4, 0.5) is 5.82 Å². The number of hydrogen-bond acceptors (Lipinski definition) is 5. The molecule has 118 valence electrons. The third-order valence-corrected chi connectivity index (χ3v) is 4.29. The molecular weight excluding hydrogens is 288 g/mol. The molecule has 6 heteroatoms. The monoisotopic (exact) mass is 308 g/mol. The molecule has 1 aliphatic heterocycles. The van der Waals surface area contributed by atoms with Gasteiger partial charge in [0.25, 0.3) is 0 Å². The second-order valence-corrected chi connectivity index (χ2v) is 6.02. The van der Waals surface area contributed by atoms with E-state index < -0.39 is 0 Å². The first kappa shape index (κ1) is 14.1. The normalized spacial score (nSPS) is 15.9. The molecule has 3 heterocycles. The van der Waals surface area contributed by atoms with Gasteiger partial charge in [-0.25, -0.2) is 14.6 Å². The van der Waals surface area contributed by atoms with Gasteiger partial charge < -0.3 is 10.6 Å². The first-order valence-electron chi connectivity index (χ1n) is 8.04. The van der Waals surface area contributed by atoms with Gasteiger partial charge in [-0.15, -0.1) is 0 Å². The van der Waals surface area contributed by atoms with Crippen molar-refractivity contribution in [3.05, 3.63) is 42.4 Å². The van der Waals surface area contributed by atoms with E-state index in [0.29, 0.717) is 6.04 Å². The molecule has 0 atom stereocenters. The van der Waals surface area contributed by atoms with Crippen LogP contribution in [0.15, 0.2) is 36.8 Å². The number of aryl methyl sites for hydroxylation is 1. The average Bonchev–Trinajstić information content (AvgIpc) is 3.01. The Balaban J connectivity index is 1.71. The van der Waals surface area contributed by atoms with Crippen molar-refractivity contribution in [2.45, 2.75) is 25.8 Å². The van der Waals surface area contributed by atoms with Gasteiger partial charge in [-0.05, 0) is 50.6 Å².